The second-order valence-corrected chi connectivity index (χ2v) is 4.13. The molecule has 0 aromatic heterocycles. The van der Waals surface area contributed by atoms with Gasteiger partial charge in [0, 0.05) is 18.5 Å². The first-order chi connectivity index (χ1) is 8.50. The van der Waals surface area contributed by atoms with E-state index in [0.717, 1.165) is 18.6 Å². The van der Waals surface area contributed by atoms with Gasteiger partial charge in [-0.05, 0) is 18.2 Å². The zero-order valence-corrected chi connectivity index (χ0v) is 9.67. The van der Waals surface area contributed by atoms with Crippen LogP contribution in [0.4, 0.5) is 13.2 Å². The molecule has 1 fully saturated rings. The molecule has 0 bridgehead atoms. The third-order valence-corrected chi connectivity index (χ3v) is 2.79. The van der Waals surface area contributed by atoms with Crippen LogP contribution in [0.3, 0.4) is 0 Å². The number of hydrogen-bond donors (Lipinski definition) is 1. The van der Waals surface area contributed by atoms with Crippen LogP contribution in [0.2, 0.25) is 0 Å². The molecule has 0 spiro atoms. The molecule has 1 unspecified atom stereocenters. The minimum Gasteiger partial charge on any atom is -0.488 e. The van der Waals surface area contributed by atoms with E-state index in [1.165, 1.54) is 6.07 Å². The fraction of sp³-hybridized carbons (Fsp3) is 0.500. The summed E-state index contributed by atoms with van der Waals surface area (Å²) in [6.07, 6.45) is -3.73. The summed E-state index contributed by atoms with van der Waals surface area (Å²) in [6.45, 7) is 1.08. The minimum absolute atomic E-state index is 0.00678. The average Bonchev–Trinajstić information content (AvgIpc) is 2.81. The van der Waals surface area contributed by atoms with E-state index >= 15 is 0 Å². The number of benzene rings is 1. The van der Waals surface area contributed by atoms with Gasteiger partial charge in [0.1, 0.15) is 11.9 Å². The van der Waals surface area contributed by atoms with Crippen LogP contribution in [-0.2, 0) is 17.5 Å². The topological polar surface area (TPSA) is 44.5 Å². The van der Waals surface area contributed by atoms with E-state index in [9.17, 15) is 13.2 Å². The monoisotopic (exact) mass is 261 g/mol. The molecule has 1 saturated heterocycles. The largest absolute Gasteiger partial charge is 0.488 e. The molecule has 1 heterocycles. The van der Waals surface area contributed by atoms with Crippen molar-refractivity contribution in [2.75, 3.05) is 13.2 Å². The van der Waals surface area contributed by atoms with E-state index in [4.69, 9.17) is 15.2 Å². The van der Waals surface area contributed by atoms with Gasteiger partial charge >= 0.3 is 6.18 Å². The van der Waals surface area contributed by atoms with Gasteiger partial charge in [-0.15, -0.1) is 0 Å². The van der Waals surface area contributed by atoms with Crippen molar-refractivity contribution in [3.05, 3.63) is 29.3 Å². The highest BCUT2D eigenvalue weighted by Gasteiger charge is 2.31. The third kappa shape index (κ3) is 2.94. The van der Waals surface area contributed by atoms with Crippen LogP contribution < -0.4 is 10.5 Å². The standard InChI is InChI=1S/C12H14F3NO2/c13-12(14,15)9-1-2-11(8(5-9)6-16)18-10-3-4-17-7-10/h1-2,5,10H,3-4,6-7,16H2. The summed E-state index contributed by atoms with van der Waals surface area (Å²) in [6, 6.07) is 3.36. The first-order valence-corrected chi connectivity index (χ1v) is 5.65. The van der Waals surface area contributed by atoms with E-state index < -0.39 is 11.7 Å². The third-order valence-electron chi connectivity index (χ3n) is 2.79. The molecule has 2 rings (SSSR count). The van der Waals surface area contributed by atoms with Crippen LogP contribution in [0, 0.1) is 0 Å². The summed E-state index contributed by atoms with van der Waals surface area (Å²) < 4.78 is 48.4. The highest BCUT2D eigenvalue weighted by molar-refractivity contribution is 5.38. The van der Waals surface area contributed by atoms with Gasteiger partial charge in [0.25, 0.3) is 0 Å². The lowest BCUT2D eigenvalue weighted by molar-refractivity contribution is -0.137. The molecule has 18 heavy (non-hydrogen) atoms. The summed E-state index contributed by atoms with van der Waals surface area (Å²) in [5, 5.41) is 0. The van der Waals surface area contributed by atoms with Crippen molar-refractivity contribution in [2.24, 2.45) is 5.73 Å². The summed E-state index contributed by atoms with van der Waals surface area (Å²) in [5.74, 6) is 0.404. The molecule has 1 aliphatic heterocycles. The van der Waals surface area contributed by atoms with Crippen molar-refractivity contribution < 1.29 is 22.6 Å². The van der Waals surface area contributed by atoms with Crippen molar-refractivity contribution in [2.45, 2.75) is 25.2 Å². The number of halogens is 3. The Kier molecular flexibility index (Phi) is 3.77. The molecule has 6 heteroatoms. The lowest BCUT2D eigenvalue weighted by atomic mass is 10.1. The zero-order valence-electron chi connectivity index (χ0n) is 9.67. The molecule has 0 amide bonds. The van der Waals surface area contributed by atoms with Crippen LogP contribution in [0.25, 0.3) is 0 Å². The van der Waals surface area contributed by atoms with Gasteiger partial charge in [-0.25, -0.2) is 0 Å². The Labute approximate surface area is 103 Å². The molecule has 1 aromatic rings. The van der Waals surface area contributed by atoms with Gasteiger partial charge in [-0.3, -0.25) is 0 Å². The highest BCUT2D eigenvalue weighted by Crippen LogP contribution is 2.33. The van der Waals surface area contributed by atoms with Crippen LogP contribution in [0.1, 0.15) is 17.5 Å². The van der Waals surface area contributed by atoms with E-state index in [2.05, 4.69) is 0 Å². The first kappa shape index (κ1) is 13.2. The molecule has 1 atom stereocenters. The molecule has 100 valence electrons. The summed E-state index contributed by atoms with van der Waals surface area (Å²) in [7, 11) is 0. The lowest BCUT2D eigenvalue weighted by Gasteiger charge is -2.16. The maximum absolute atomic E-state index is 12.5. The quantitative estimate of drug-likeness (QED) is 0.908. The molecular formula is C12H14F3NO2. The van der Waals surface area contributed by atoms with Crippen molar-refractivity contribution in [1.29, 1.82) is 0 Å². The number of nitrogens with two attached hydrogens (primary N) is 1. The Balaban J connectivity index is 2.20. The van der Waals surface area contributed by atoms with Gasteiger partial charge in [0.05, 0.1) is 18.8 Å². The normalized spacial score (nSPS) is 20.1. The van der Waals surface area contributed by atoms with E-state index in [1.807, 2.05) is 0 Å². The summed E-state index contributed by atoms with van der Waals surface area (Å²) in [4.78, 5) is 0. The second-order valence-electron chi connectivity index (χ2n) is 4.13. The predicted octanol–water partition coefficient (Wildman–Crippen LogP) is 2.33. The number of hydrogen-bond acceptors (Lipinski definition) is 3. The molecule has 3 nitrogen and oxygen atoms in total. The van der Waals surface area contributed by atoms with E-state index in [-0.39, 0.29) is 12.6 Å². The average molecular weight is 261 g/mol. The molecule has 2 N–H and O–H groups in total. The molecule has 0 saturated carbocycles. The van der Waals surface area contributed by atoms with Crippen molar-refractivity contribution in [3.8, 4) is 5.75 Å². The Morgan fingerprint density at radius 3 is 2.72 bits per heavy atom. The Bertz CT molecular complexity index is 414. The number of rotatable bonds is 3. The van der Waals surface area contributed by atoms with Crippen LogP contribution >= 0.6 is 0 Å². The maximum atomic E-state index is 12.5. The van der Waals surface area contributed by atoms with E-state index in [1.54, 1.807) is 0 Å². The smallest absolute Gasteiger partial charge is 0.416 e. The van der Waals surface area contributed by atoms with Crippen LogP contribution in [0.5, 0.6) is 5.75 Å². The van der Waals surface area contributed by atoms with Gasteiger partial charge in [0.2, 0.25) is 0 Å². The van der Waals surface area contributed by atoms with Crippen molar-refractivity contribution in [1.82, 2.24) is 0 Å². The fourth-order valence-electron chi connectivity index (χ4n) is 1.82. The van der Waals surface area contributed by atoms with Crippen LogP contribution in [0.15, 0.2) is 18.2 Å². The first-order valence-electron chi connectivity index (χ1n) is 5.65. The van der Waals surface area contributed by atoms with Gasteiger partial charge in [0.15, 0.2) is 0 Å². The van der Waals surface area contributed by atoms with Gasteiger partial charge < -0.3 is 15.2 Å². The molecular weight excluding hydrogens is 247 g/mol. The predicted molar refractivity (Wildman–Crippen MR) is 59.2 cm³/mol. The summed E-state index contributed by atoms with van der Waals surface area (Å²) >= 11 is 0. The molecule has 1 aromatic carbocycles. The lowest BCUT2D eigenvalue weighted by Crippen LogP contribution is -2.18. The van der Waals surface area contributed by atoms with E-state index in [0.29, 0.717) is 24.5 Å². The maximum Gasteiger partial charge on any atom is 0.416 e. The number of ether oxygens (including phenoxy) is 2. The molecule has 1 aliphatic rings. The second kappa shape index (κ2) is 5.16. The van der Waals surface area contributed by atoms with Crippen molar-refractivity contribution in [3.63, 3.8) is 0 Å². The Morgan fingerprint density at radius 1 is 1.39 bits per heavy atom. The Morgan fingerprint density at radius 2 is 2.17 bits per heavy atom. The molecule has 0 aliphatic carbocycles. The zero-order chi connectivity index (χ0) is 13.2. The fourth-order valence-corrected chi connectivity index (χ4v) is 1.82. The number of alkyl halides is 3. The highest BCUT2D eigenvalue weighted by atomic mass is 19.4. The summed E-state index contributed by atoms with van der Waals surface area (Å²) in [5.41, 5.74) is 5.11. The SMILES string of the molecule is NCc1cc(C(F)(F)F)ccc1OC1CCOC1. The molecule has 0 radical (unpaired) electrons. The van der Waals surface area contributed by atoms with Gasteiger partial charge in [-0.2, -0.15) is 13.2 Å². The van der Waals surface area contributed by atoms with Crippen molar-refractivity contribution >= 4 is 0 Å². The van der Waals surface area contributed by atoms with Gasteiger partial charge in [-0.1, -0.05) is 0 Å². The van der Waals surface area contributed by atoms with Crippen LogP contribution in [-0.4, -0.2) is 19.3 Å². The Hall–Kier alpha value is -1.27. The minimum atomic E-state index is -4.36.